The Morgan fingerprint density at radius 2 is 1.80 bits per heavy atom. The molecule has 4 rings (SSSR count). The molecule has 1 saturated carbocycles. The van der Waals surface area contributed by atoms with Gasteiger partial charge in [0.2, 0.25) is 0 Å². The third-order valence-corrected chi connectivity index (χ3v) is 6.23. The van der Waals surface area contributed by atoms with E-state index in [-0.39, 0.29) is 17.8 Å². The molecule has 3 nitrogen and oxygen atoms in total. The molecule has 132 valence electrons. The van der Waals surface area contributed by atoms with Crippen molar-refractivity contribution >= 4 is 17.2 Å². The quantitative estimate of drug-likeness (QED) is 0.870. The van der Waals surface area contributed by atoms with E-state index in [1.54, 1.807) is 12.1 Å². The molecule has 25 heavy (non-hydrogen) atoms. The SMILES string of the molecule is O=C(NC1CCN(CC2CC2)CC1)c1ccc(-c2ccc(F)cc2)s1. The minimum Gasteiger partial charge on any atom is -0.349 e. The predicted molar refractivity (Wildman–Crippen MR) is 99.4 cm³/mol. The Kier molecular flexibility index (Phi) is 4.86. The highest BCUT2D eigenvalue weighted by atomic mass is 32.1. The lowest BCUT2D eigenvalue weighted by atomic mass is 10.0. The van der Waals surface area contributed by atoms with E-state index in [9.17, 15) is 9.18 Å². The summed E-state index contributed by atoms with van der Waals surface area (Å²) in [5, 5.41) is 3.18. The van der Waals surface area contributed by atoms with Crippen molar-refractivity contribution in [1.29, 1.82) is 0 Å². The number of carbonyl (C=O) groups is 1. The van der Waals surface area contributed by atoms with Crippen LogP contribution < -0.4 is 5.32 Å². The first kappa shape index (κ1) is 16.7. The molecule has 2 heterocycles. The second-order valence-corrected chi connectivity index (χ2v) is 8.25. The summed E-state index contributed by atoms with van der Waals surface area (Å²) in [6, 6.07) is 10.5. The van der Waals surface area contributed by atoms with Gasteiger partial charge in [0.25, 0.3) is 5.91 Å². The average molecular weight is 358 g/mol. The maximum absolute atomic E-state index is 13.0. The van der Waals surface area contributed by atoms with E-state index >= 15 is 0 Å². The zero-order chi connectivity index (χ0) is 17.2. The van der Waals surface area contributed by atoms with Gasteiger partial charge in [0, 0.05) is 30.6 Å². The molecule has 0 bridgehead atoms. The van der Waals surface area contributed by atoms with Gasteiger partial charge in [-0.15, -0.1) is 11.3 Å². The Hall–Kier alpha value is -1.72. The zero-order valence-corrected chi connectivity index (χ0v) is 15.0. The van der Waals surface area contributed by atoms with E-state index in [1.165, 1.54) is 42.9 Å². The maximum atomic E-state index is 13.0. The van der Waals surface area contributed by atoms with Crippen molar-refractivity contribution in [2.75, 3.05) is 19.6 Å². The molecule has 1 amide bonds. The molecule has 0 atom stereocenters. The Labute approximate surface area is 151 Å². The summed E-state index contributed by atoms with van der Waals surface area (Å²) in [4.78, 5) is 16.8. The van der Waals surface area contributed by atoms with Gasteiger partial charge in [-0.1, -0.05) is 12.1 Å². The van der Waals surface area contributed by atoms with Crippen LogP contribution >= 0.6 is 11.3 Å². The molecule has 1 N–H and O–H groups in total. The fourth-order valence-corrected chi connectivity index (χ4v) is 4.33. The van der Waals surface area contributed by atoms with Gasteiger partial charge in [0.1, 0.15) is 5.82 Å². The van der Waals surface area contributed by atoms with Crippen LogP contribution in [-0.2, 0) is 0 Å². The van der Waals surface area contributed by atoms with Gasteiger partial charge < -0.3 is 10.2 Å². The minimum atomic E-state index is -0.244. The van der Waals surface area contributed by atoms with Crippen molar-refractivity contribution in [2.24, 2.45) is 5.92 Å². The summed E-state index contributed by atoms with van der Waals surface area (Å²) >= 11 is 1.46. The number of thiophene rings is 1. The first-order valence-electron chi connectivity index (χ1n) is 9.06. The highest BCUT2D eigenvalue weighted by Crippen LogP contribution is 2.31. The smallest absolute Gasteiger partial charge is 0.261 e. The highest BCUT2D eigenvalue weighted by molar-refractivity contribution is 7.17. The molecule has 2 aliphatic rings. The molecule has 1 saturated heterocycles. The number of rotatable bonds is 5. The minimum absolute atomic E-state index is 0.0130. The van der Waals surface area contributed by atoms with Gasteiger partial charge in [-0.05, 0) is 61.4 Å². The lowest BCUT2D eigenvalue weighted by Crippen LogP contribution is -2.45. The molecule has 0 unspecified atom stereocenters. The molecule has 1 aromatic carbocycles. The lowest BCUT2D eigenvalue weighted by molar-refractivity contribution is 0.0914. The molecule has 5 heteroatoms. The maximum Gasteiger partial charge on any atom is 0.261 e. The monoisotopic (exact) mass is 358 g/mol. The van der Waals surface area contributed by atoms with Crippen LogP contribution in [0.1, 0.15) is 35.4 Å². The molecule has 2 aromatic rings. The van der Waals surface area contributed by atoms with Crippen molar-refractivity contribution in [3.05, 3.63) is 47.1 Å². The summed E-state index contributed by atoms with van der Waals surface area (Å²) in [5.41, 5.74) is 0.943. The van der Waals surface area contributed by atoms with Crippen LogP contribution in [0.4, 0.5) is 4.39 Å². The Morgan fingerprint density at radius 3 is 2.48 bits per heavy atom. The van der Waals surface area contributed by atoms with Crippen LogP contribution in [0, 0.1) is 11.7 Å². The van der Waals surface area contributed by atoms with Crippen LogP contribution in [-0.4, -0.2) is 36.5 Å². The molecule has 0 radical (unpaired) electrons. The highest BCUT2D eigenvalue weighted by Gasteiger charge is 2.27. The standard InChI is InChI=1S/C20H23FN2OS/c21-16-5-3-15(4-6-16)18-7-8-19(25-18)20(24)22-17-9-11-23(12-10-17)13-14-1-2-14/h3-8,14,17H,1-2,9-13H2,(H,22,24). The van der Waals surface area contributed by atoms with Crippen LogP contribution in [0.3, 0.4) is 0 Å². The first-order chi connectivity index (χ1) is 12.2. The lowest BCUT2D eigenvalue weighted by Gasteiger charge is -2.32. The fourth-order valence-electron chi connectivity index (χ4n) is 3.41. The van der Waals surface area contributed by atoms with Gasteiger partial charge >= 0.3 is 0 Å². The van der Waals surface area contributed by atoms with Crippen molar-refractivity contribution < 1.29 is 9.18 Å². The fraction of sp³-hybridized carbons (Fsp3) is 0.450. The molecule has 1 aromatic heterocycles. The number of hydrogen-bond donors (Lipinski definition) is 1. The largest absolute Gasteiger partial charge is 0.349 e. The summed E-state index contributed by atoms with van der Waals surface area (Å²) in [6.07, 6.45) is 4.86. The van der Waals surface area contributed by atoms with E-state index in [0.29, 0.717) is 0 Å². The summed E-state index contributed by atoms with van der Waals surface area (Å²) in [6.45, 7) is 3.42. The van der Waals surface area contributed by atoms with Crippen molar-refractivity contribution in [3.8, 4) is 10.4 Å². The summed E-state index contributed by atoms with van der Waals surface area (Å²) < 4.78 is 13.0. The van der Waals surface area contributed by atoms with Crippen molar-refractivity contribution in [1.82, 2.24) is 10.2 Å². The third-order valence-electron chi connectivity index (χ3n) is 5.09. The first-order valence-corrected chi connectivity index (χ1v) is 9.88. The van der Waals surface area contributed by atoms with E-state index < -0.39 is 0 Å². The zero-order valence-electron chi connectivity index (χ0n) is 14.2. The molecule has 2 fully saturated rings. The van der Waals surface area contributed by atoms with E-state index in [2.05, 4.69) is 10.2 Å². The number of nitrogens with zero attached hydrogens (tertiary/aromatic N) is 1. The Morgan fingerprint density at radius 1 is 1.08 bits per heavy atom. The Bertz CT molecular complexity index is 730. The molecular formula is C20H23FN2OS. The van der Waals surface area contributed by atoms with Gasteiger partial charge in [-0.3, -0.25) is 4.79 Å². The predicted octanol–water partition coefficient (Wildman–Crippen LogP) is 4.16. The normalized spacial score (nSPS) is 19.1. The topological polar surface area (TPSA) is 32.3 Å². The number of carbonyl (C=O) groups excluding carboxylic acids is 1. The van der Waals surface area contributed by atoms with Crippen LogP contribution in [0.2, 0.25) is 0 Å². The summed E-state index contributed by atoms with van der Waals surface area (Å²) in [7, 11) is 0. The van der Waals surface area contributed by atoms with E-state index in [1.807, 2.05) is 12.1 Å². The number of benzene rings is 1. The number of likely N-dealkylation sites (tertiary alicyclic amines) is 1. The van der Waals surface area contributed by atoms with Crippen molar-refractivity contribution in [3.63, 3.8) is 0 Å². The van der Waals surface area contributed by atoms with E-state index in [4.69, 9.17) is 0 Å². The molecular weight excluding hydrogens is 335 g/mol. The van der Waals surface area contributed by atoms with Gasteiger partial charge in [-0.25, -0.2) is 4.39 Å². The second kappa shape index (κ2) is 7.26. The van der Waals surface area contributed by atoms with Crippen molar-refractivity contribution in [2.45, 2.75) is 31.7 Å². The van der Waals surface area contributed by atoms with Crippen LogP contribution in [0.25, 0.3) is 10.4 Å². The van der Waals surface area contributed by atoms with E-state index in [0.717, 1.165) is 47.2 Å². The Balaban J connectivity index is 1.31. The third kappa shape index (κ3) is 4.28. The number of hydrogen-bond acceptors (Lipinski definition) is 3. The number of halogens is 1. The van der Waals surface area contributed by atoms with Gasteiger partial charge in [-0.2, -0.15) is 0 Å². The molecule has 1 aliphatic heterocycles. The molecule has 1 aliphatic carbocycles. The van der Waals surface area contributed by atoms with Gasteiger partial charge in [0.15, 0.2) is 0 Å². The number of nitrogens with one attached hydrogen (secondary N) is 1. The van der Waals surface area contributed by atoms with Crippen LogP contribution in [0.15, 0.2) is 36.4 Å². The van der Waals surface area contributed by atoms with Crippen LogP contribution in [0.5, 0.6) is 0 Å². The number of piperidine rings is 1. The molecule has 0 spiro atoms. The average Bonchev–Trinajstić information content (AvgIpc) is 3.29. The summed E-state index contributed by atoms with van der Waals surface area (Å²) in [5.74, 6) is 0.701. The number of amides is 1. The van der Waals surface area contributed by atoms with Gasteiger partial charge in [0.05, 0.1) is 4.88 Å². The second-order valence-electron chi connectivity index (χ2n) is 7.16.